The van der Waals surface area contributed by atoms with Crippen LogP contribution in [0.3, 0.4) is 0 Å². The van der Waals surface area contributed by atoms with Gasteiger partial charge in [0.15, 0.2) is 5.82 Å². The Hall–Kier alpha value is -3.65. The predicted molar refractivity (Wildman–Crippen MR) is 131 cm³/mol. The maximum absolute atomic E-state index is 16.0. The summed E-state index contributed by atoms with van der Waals surface area (Å²) in [5, 5.41) is 1.49. The number of hydrogen-bond donors (Lipinski definition) is 0. The zero-order valence-corrected chi connectivity index (χ0v) is 19.6. The van der Waals surface area contributed by atoms with Crippen LogP contribution in [0, 0.1) is 18.6 Å². The average Bonchev–Trinajstić information content (AvgIpc) is 3.16. The summed E-state index contributed by atoms with van der Waals surface area (Å²) in [6.07, 6.45) is 3.69. The molecule has 0 spiro atoms. The third-order valence-corrected chi connectivity index (χ3v) is 7.36. The number of pyridine rings is 1. The normalized spacial score (nSPS) is 19.2. The van der Waals surface area contributed by atoms with Crippen molar-refractivity contribution in [1.82, 2.24) is 19.9 Å². The van der Waals surface area contributed by atoms with Gasteiger partial charge in [0.05, 0.1) is 22.5 Å². The lowest BCUT2D eigenvalue weighted by Crippen LogP contribution is -2.63. The van der Waals surface area contributed by atoms with E-state index in [9.17, 15) is 9.18 Å². The number of hydrogen-bond acceptors (Lipinski definition) is 5. The van der Waals surface area contributed by atoms with Gasteiger partial charge in [0, 0.05) is 30.2 Å². The van der Waals surface area contributed by atoms with Crippen molar-refractivity contribution in [2.24, 2.45) is 0 Å². The van der Waals surface area contributed by atoms with E-state index in [1.807, 2.05) is 0 Å². The summed E-state index contributed by atoms with van der Waals surface area (Å²) in [5.41, 5.74) is 0.581. The first-order chi connectivity index (χ1) is 16.9. The topological polar surface area (TPSA) is 62.2 Å². The van der Waals surface area contributed by atoms with Crippen LogP contribution in [0.5, 0.6) is 0 Å². The summed E-state index contributed by atoms with van der Waals surface area (Å²) in [7, 11) is 0. The van der Waals surface area contributed by atoms with Crippen LogP contribution in [0.4, 0.5) is 14.6 Å². The van der Waals surface area contributed by atoms with Crippen LogP contribution in [-0.4, -0.2) is 50.9 Å². The van der Waals surface area contributed by atoms with Gasteiger partial charge in [-0.1, -0.05) is 42.4 Å². The fraction of sp³-hybridized carbons (Fsp3) is 0.231. The van der Waals surface area contributed by atoms with Gasteiger partial charge in [0.25, 0.3) is 0 Å². The average molecular weight is 492 g/mol. The van der Waals surface area contributed by atoms with Gasteiger partial charge in [-0.15, -0.1) is 0 Å². The van der Waals surface area contributed by atoms with Crippen LogP contribution < -0.4 is 4.90 Å². The Morgan fingerprint density at radius 3 is 2.83 bits per heavy atom. The van der Waals surface area contributed by atoms with Gasteiger partial charge < -0.3 is 9.80 Å². The van der Waals surface area contributed by atoms with Gasteiger partial charge in [0.2, 0.25) is 5.91 Å². The predicted octanol–water partition coefficient (Wildman–Crippen LogP) is 5.06. The molecule has 0 aliphatic carbocycles. The fourth-order valence-corrected chi connectivity index (χ4v) is 5.59. The zero-order chi connectivity index (χ0) is 24.4. The van der Waals surface area contributed by atoms with Crippen molar-refractivity contribution in [1.29, 1.82) is 0 Å². The molecule has 0 saturated carbocycles. The summed E-state index contributed by atoms with van der Waals surface area (Å²) < 4.78 is 30.2. The Labute approximate surface area is 204 Å². The van der Waals surface area contributed by atoms with Crippen molar-refractivity contribution in [3.05, 3.63) is 71.7 Å². The molecule has 2 aromatic carbocycles. The van der Waals surface area contributed by atoms with Gasteiger partial charge in [-0.3, -0.25) is 9.78 Å². The number of amides is 1. The van der Waals surface area contributed by atoms with Gasteiger partial charge in [0.1, 0.15) is 28.7 Å². The van der Waals surface area contributed by atoms with Gasteiger partial charge >= 0.3 is 0 Å². The molecular weight excluding hydrogens is 472 g/mol. The second kappa shape index (κ2) is 7.95. The van der Waals surface area contributed by atoms with Gasteiger partial charge in [-0.2, -0.15) is 0 Å². The molecule has 4 heterocycles. The van der Waals surface area contributed by atoms with Gasteiger partial charge in [-0.05, 0) is 30.9 Å². The van der Waals surface area contributed by atoms with E-state index in [1.54, 1.807) is 42.3 Å². The molecule has 35 heavy (non-hydrogen) atoms. The number of carbonyl (C=O) groups is 1. The van der Waals surface area contributed by atoms with Crippen LogP contribution in [-0.2, 0) is 4.79 Å². The molecule has 6 nitrogen and oxygen atoms in total. The molecule has 2 aliphatic heterocycles. The van der Waals surface area contributed by atoms with E-state index in [-0.39, 0.29) is 34.2 Å². The molecule has 176 valence electrons. The molecule has 2 saturated heterocycles. The van der Waals surface area contributed by atoms with Crippen molar-refractivity contribution >= 4 is 45.0 Å². The minimum absolute atomic E-state index is 0.0466. The molecule has 0 radical (unpaired) electrons. The molecule has 2 unspecified atom stereocenters. The number of aromatic nitrogens is 3. The minimum atomic E-state index is -0.616. The van der Waals surface area contributed by atoms with Crippen LogP contribution >= 0.6 is 11.6 Å². The summed E-state index contributed by atoms with van der Waals surface area (Å²) in [6, 6.07) is 8.28. The fourth-order valence-electron chi connectivity index (χ4n) is 5.32. The maximum Gasteiger partial charge on any atom is 0.246 e. The Kier molecular flexibility index (Phi) is 4.96. The minimum Gasteiger partial charge on any atom is -0.349 e. The number of likely N-dealkylation sites (tertiary alicyclic amines) is 1. The Morgan fingerprint density at radius 1 is 1.20 bits per heavy atom. The van der Waals surface area contributed by atoms with Crippen molar-refractivity contribution in [2.45, 2.75) is 25.4 Å². The van der Waals surface area contributed by atoms with Crippen LogP contribution in [0.1, 0.15) is 12.2 Å². The van der Waals surface area contributed by atoms with Crippen molar-refractivity contribution < 1.29 is 13.6 Å². The van der Waals surface area contributed by atoms with E-state index < -0.39 is 11.6 Å². The van der Waals surface area contributed by atoms with Crippen LogP contribution in [0.25, 0.3) is 32.9 Å². The molecule has 2 aromatic heterocycles. The highest BCUT2D eigenvalue weighted by atomic mass is 35.5. The number of nitrogens with zero attached hydrogens (tertiary/aromatic N) is 5. The van der Waals surface area contributed by atoms with E-state index in [4.69, 9.17) is 11.6 Å². The van der Waals surface area contributed by atoms with Gasteiger partial charge in [-0.25, -0.2) is 18.7 Å². The second-order valence-electron chi connectivity index (χ2n) is 8.85. The zero-order valence-electron chi connectivity index (χ0n) is 18.8. The number of halogens is 3. The van der Waals surface area contributed by atoms with E-state index in [0.717, 1.165) is 6.42 Å². The molecule has 4 aromatic rings. The van der Waals surface area contributed by atoms with E-state index in [1.165, 1.54) is 12.1 Å². The number of aryl methyl sites for hydroxylation is 1. The number of rotatable bonds is 3. The summed E-state index contributed by atoms with van der Waals surface area (Å²) in [5.74, 6) is -0.256. The molecular formula is C26H20ClF2N5O. The van der Waals surface area contributed by atoms with Crippen molar-refractivity contribution in [3.8, 4) is 11.3 Å². The second-order valence-corrected chi connectivity index (χ2v) is 9.23. The Morgan fingerprint density at radius 2 is 2.03 bits per heavy atom. The van der Waals surface area contributed by atoms with Crippen molar-refractivity contribution in [2.75, 3.05) is 18.0 Å². The summed E-state index contributed by atoms with van der Waals surface area (Å²) in [4.78, 5) is 29.4. The molecule has 0 bridgehead atoms. The largest absolute Gasteiger partial charge is 0.349 e. The van der Waals surface area contributed by atoms with E-state index in [0.29, 0.717) is 46.5 Å². The quantitative estimate of drug-likeness (QED) is 0.375. The lowest BCUT2D eigenvalue weighted by Gasteiger charge is -2.46. The Balaban J connectivity index is 1.48. The van der Waals surface area contributed by atoms with Crippen LogP contribution in [0.15, 0.2) is 49.2 Å². The smallest absolute Gasteiger partial charge is 0.246 e. The first kappa shape index (κ1) is 21.9. The molecule has 2 aliphatic rings. The highest BCUT2D eigenvalue weighted by Crippen LogP contribution is 2.40. The standard InChI is InChI=1S/C26H20ClF2N5O/c1-3-20(35)34-12-19-18(34)9-10-33(19)26-16-11-30-24(23(29)25(16)31-13(2)32-26)15-6-4-5-14-7-8-17(28)22(27)21(14)15/h3-8,11,18-19H,1,9-10,12H2,2H3. The highest BCUT2D eigenvalue weighted by Gasteiger charge is 2.49. The summed E-state index contributed by atoms with van der Waals surface area (Å²) in [6.45, 7) is 6.54. The molecule has 0 N–H and O–H groups in total. The highest BCUT2D eigenvalue weighted by molar-refractivity contribution is 6.36. The molecule has 6 rings (SSSR count). The monoisotopic (exact) mass is 491 g/mol. The molecule has 2 fully saturated rings. The lowest BCUT2D eigenvalue weighted by molar-refractivity contribution is -0.133. The van der Waals surface area contributed by atoms with E-state index >= 15 is 4.39 Å². The third kappa shape index (κ3) is 3.20. The third-order valence-electron chi connectivity index (χ3n) is 6.99. The Bertz CT molecular complexity index is 1560. The first-order valence-corrected chi connectivity index (χ1v) is 11.7. The number of carbonyl (C=O) groups excluding carboxylic acids is 1. The summed E-state index contributed by atoms with van der Waals surface area (Å²) >= 11 is 6.28. The first-order valence-electron chi connectivity index (χ1n) is 11.3. The molecule has 9 heteroatoms. The number of anilines is 1. The van der Waals surface area contributed by atoms with Crippen LogP contribution in [0.2, 0.25) is 5.02 Å². The number of fused-ring (bicyclic) bond motifs is 3. The maximum atomic E-state index is 16.0. The molecule has 1 amide bonds. The lowest BCUT2D eigenvalue weighted by atomic mass is 9.97. The van der Waals surface area contributed by atoms with E-state index in [2.05, 4.69) is 26.4 Å². The number of benzene rings is 2. The molecule has 2 atom stereocenters. The SMILES string of the molecule is C=CC(=O)N1CC2C1CCN2c1nc(C)nc2c(F)c(-c3cccc4ccc(F)c(Cl)c34)ncc12. The van der Waals surface area contributed by atoms with Crippen molar-refractivity contribution in [3.63, 3.8) is 0 Å².